The fourth-order valence-electron chi connectivity index (χ4n) is 2.15. The highest BCUT2D eigenvalue weighted by Gasteiger charge is 2.18. The van der Waals surface area contributed by atoms with Gasteiger partial charge < -0.3 is 5.32 Å². The molecule has 1 aromatic rings. The molecule has 0 bridgehead atoms. The summed E-state index contributed by atoms with van der Waals surface area (Å²) in [4.78, 5) is 25.2. The van der Waals surface area contributed by atoms with Crippen LogP contribution in [0.1, 0.15) is 12.8 Å². The minimum absolute atomic E-state index is 0.170. The lowest BCUT2D eigenvalue weighted by Crippen LogP contribution is -2.39. The van der Waals surface area contributed by atoms with Gasteiger partial charge in [0.15, 0.2) is 9.84 Å². The maximum Gasteiger partial charge on any atom is 0.238 e. The number of nitrogens with one attached hydrogen (secondary N) is 1. The van der Waals surface area contributed by atoms with Crippen LogP contribution in [-0.2, 0) is 19.4 Å². The number of carbonyl (C=O) groups excluding carboxylic acids is 2. The van der Waals surface area contributed by atoms with Gasteiger partial charge in [0, 0.05) is 37.9 Å². The second-order valence-corrected chi connectivity index (χ2v) is 7.18. The second kappa shape index (κ2) is 6.36. The third-order valence-corrected chi connectivity index (χ3v) is 4.48. The van der Waals surface area contributed by atoms with E-state index < -0.39 is 9.84 Å². The number of hydrogen-bond donors (Lipinski definition) is 1. The molecule has 0 aromatic heterocycles. The van der Waals surface area contributed by atoms with Gasteiger partial charge in [0.25, 0.3) is 0 Å². The van der Waals surface area contributed by atoms with Crippen molar-refractivity contribution in [3.8, 4) is 0 Å². The zero-order valence-electron chi connectivity index (χ0n) is 11.8. The number of benzene rings is 1. The third-order valence-electron chi connectivity index (χ3n) is 3.35. The molecular weight excluding hydrogens is 292 g/mol. The van der Waals surface area contributed by atoms with Gasteiger partial charge in [0.05, 0.1) is 11.4 Å². The number of likely N-dealkylation sites (tertiary alicyclic amines) is 1. The van der Waals surface area contributed by atoms with Gasteiger partial charge in [-0.2, -0.15) is 0 Å². The summed E-state index contributed by atoms with van der Waals surface area (Å²) < 4.78 is 22.7. The summed E-state index contributed by atoms with van der Waals surface area (Å²) in [7, 11) is -3.23. The number of anilines is 1. The molecule has 7 heteroatoms. The molecule has 0 atom stereocenters. The fraction of sp³-hybridized carbons (Fsp3) is 0.429. The highest BCUT2D eigenvalue weighted by atomic mass is 32.2. The first-order valence-corrected chi connectivity index (χ1v) is 8.58. The van der Waals surface area contributed by atoms with E-state index in [0.29, 0.717) is 31.6 Å². The van der Waals surface area contributed by atoms with E-state index >= 15 is 0 Å². The van der Waals surface area contributed by atoms with Crippen molar-refractivity contribution in [3.63, 3.8) is 0 Å². The van der Waals surface area contributed by atoms with E-state index in [9.17, 15) is 18.0 Å². The molecule has 0 radical (unpaired) electrons. The van der Waals surface area contributed by atoms with Crippen LogP contribution in [0.5, 0.6) is 0 Å². The first-order chi connectivity index (χ1) is 9.84. The molecule has 1 saturated heterocycles. The molecule has 21 heavy (non-hydrogen) atoms. The van der Waals surface area contributed by atoms with Crippen LogP contribution >= 0.6 is 0 Å². The Morgan fingerprint density at radius 2 is 1.76 bits per heavy atom. The maximum absolute atomic E-state index is 11.9. The lowest BCUT2D eigenvalue weighted by atomic mass is 10.1. The molecule has 114 valence electrons. The van der Waals surface area contributed by atoms with Crippen molar-refractivity contribution in [2.45, 2.75) is 17.7 Å². The molecule has 0 aliphatic carbocycles. The summed E-state index contributed by atoms with van der Waals surface area (Å²) in [6, 6.07) is 6.05. The van der Waals surface area contributed by atoms with E-state index in [-0.39, 0.29) is 23.1 Å². The normalized spacial score (nSPS) is 16.7. The van der Waals surface area contributed by atoms with Crippen LogP contribution in [-0.4, -0.2) is 50.9 Å². The zero-order chi connectivity index (χ0) is 15.5. The van der Waals surface area contributed by atoms with Crippen molar-refractivity contribution in [1.82, 2.24) is 4.90 Å². The van der Waals surface area contributed by atoms with Crippen LogP contribution in [0.2, 0.25) is 0 Å². The molecule has 0 saturated carbocycles. The summed E-state index contributed by atoms with van der Waals surface area (Å²) in [5, 5.41) is 2.72. The summed E-state index contributed by atoms with van der Waals surface area (Å²) in [5.41, 5.74) is 0.556. The second-order valence-electron chi connectivity index (χ2n) is 5.16. The Balaban J connectivity index is 1.89. The van der Waals surface area contributed by atoms with Crippen molar-refractivity contribution in [2.75, 3.05) is 31.2 Å². The first kappa shape index (κ1) is 15.7. The Labute approximate surface area is 124 Å². The molecule has 1 aliphatic heterocycles. The molecule has 2 rings (SSSR count). The lowest BCUT2D eigenvalue weighted by Gasteiger charge is -2.24. The SMILES string of the molecule is CS(=O)(=O)c1ccc(NC(=O)CN2CCC(=O)CC2)cc1. The van der Waals surface area contributed by atoms with Crippen molar-refractivity contribution < 1.29 is 18.0 Å². The minimum atomic E-state index is -3.23. The van der Waals surface area contributed by atoms with E-state index in [0.717, 1.165) is 6.26 Å². The molecule has 0 spiro atoms. The van der Waals surface area contributed by atoms with Crippen LogP contribution in [0.15, 0.2) is 29.2 Å². The average molecular weight is 310 g/mol. The Morgan fingerprint density at radius 3 is 2.29 bits per heavy atom. The van der Waals surface area contributed by atoms with Gasteiger partial charge in [-0.05, 0) is 24.3 Å². The summed E-state index contributed by atoms with van der Waals surface area (Å²) in [5.74, 6) is 0.0690. The standard InChI is InChI=1S/C14H18N2O4S/c1-21(19,20)13-4-2-11(3-5-13)15-14(18)10-16-8-6-12(17)7-9-16/h2-5H,6-10H2,1H3,(H,15,18). The predicted octanol–water partition coefficient (Wildman–Crippen LogP) is 0.694. The van der Waals surface area contributed by atoms with Gasteiger partial charge in [-0.25, -0.2) is 8.42 Å². The number of nitrogens with zero attached hydrogens (tertiary/aromatic N) is 1. The molecule has 1 heterocycles. The Hall–Kier alpha value is -1.73. The summed E-state index contributed by atoms with van der Waals surface area (Å²) in [6.07, 6.45) is 2.13. The number of carbonyl (C=O) groups is 2. The first-order valence-electron chi connectivity index (χ1n) is 6.68. The number of sulfone groups is 1. The van der Waals surface area contributed by atoms with Gasteiger partial charge in [0.1, 0.15) is 5.78 Å². The zero-order valence-corrected chi connectivity index (χ0v) is 12.6. The molecule has 1 amide bonds. The summed E-state index contributed by atoms with van der Waals surface area (Å²) >= 11 is 0. The molecule has 0 unspecified atom stereocenters. The summed E-state index contributed by atoms with van der Waals surface area (Å²) in [6.45, 7) is 1.46. The Kier molecular flexibility index (Phi) is 4.74. The van der Waals surface area contributed by atoms with E-state index in [1.165, 1.54) is 12.1 Å². The number of amides is 1. The number of Topliss-reactive ketones (excluding diaryl/α,β-unsaturated/α-hetero) is 1. The van der Waals surface area contributed by atoms with Gasteiger partial charge in [-0.3, -0.25) is 14.5 Å². The van der Waals surface area contributed by atoms with E-state index in [1.54, 1.807) is 12.1 Å². The van der Waals surface area contributed by atoms with Crippen LogP contribution in [0, 0.1) is 0 Å². The number of ketones is 1. The van der Waals surface area contributed by atoms with E-state index in [1.807, 2.05) is 4.90 Å². The largest absolute Gasteiger partial charge is 0.325 e. The highest BCUT2D eigenvalue weighted by Crippen LogP contribution is 2.14. The van der Waals surface area contributed by atoms with Crippen molar-refractivity contribution in [2.24, 2.45) is 0 Å². The monoisotopic (exact) mass is 310 g/mol. The Morgan fingerprint density at radius 1 is 1.19 bits per heavy atom. The quantitative estimate of drug-likeness (QED) is 0.885. The maximum atomic E-state index is 11.9. The smallest absolute Gasteiger partial charge is 0.238 e. The molecule has 1 aromatic carbocycles. The van der Waals surface area contributed by atoms with Gasteiger partial charge in [-0.1, -0.05) is 0 Å². The van der Waals surface area contributed by atoms with Crippen molar-refractivity contribution in [3.05, 3.63) is 24.3 Å². The van der Waals surface area contributed by atoms with Crippen molar-refractivity contribution >= 4 is 27.2 Å². The molecule has 1 fully saturated rings. The molecule has 1 aliphatic rings. The molecule has 1 N–H and O–H groups in total. The lowest BCUT2D eigenvalue weighted by molar-refractivity contribution is -0.124. The van der Waals surface area contributed by atoms with Gasteiger partial charge in [0.2, 0.25) is 5.91 Å². The van der Waals surface area contributed by atoms with Crippen LogP contribution < -0.4 is 5.32 Å². The molecule has 6 nitrogen and oxygen atoms in total. The highest BCUT2D eigenvalue weighted by molar-refractivity contribution is 7.90. The fourth-order valence-corrected chi connectivity index (χ4v) is 2.78. The average Bonchev–Trinajstić information content (AvgIpc) is 2.41. The predicted molar refractivity (Wildman–Crippen MR) is 78.9 cm³/mol. The topological polar surface area (TPSA) is 83.6 Å². The van der Waals surface area contributed by atoms with E-state index in [4.69, 9.17) is 0 Å². The minimum Gasteiger partial charge on any atom is -0.325 e. The van der Waals surface area contributed by atoms with Crippen LogP contribution in [0.25, 0.3) is 0 Å². The van der Waals surface area contributed by atoms with E-state index in [2.05, 4.69) is 5.32 Å². The number of piperidine rings is 1. The molecular formula is C14H18N2O4S. The van der Waals surface area contributed by atoms with Crippen molar-refractivity contribution in [1.29, 1.82) is 0 Å². The van der Waals surface area contributed by atoms with Crippen LogP contribution in [0.4, 0.5) is 5.69 Å². The third kappa shape index (κ3) is 4.64. The number of rotatable bonds is 4. The Bertz CT molecular complexity index is 627. The van der Waals surface area contributed by atoms with Crippen LogP contribution in [0.3, 0.4) is 0 Å². The number of hydrogen-bond acceptors (Lipinski definition) is 5. The van der Waals surface area contributed by atoms with Gasteiger partial charge in [-0.15, -0.1) is 0 Å². The van der Waals surface area contributed by atoms with Gasteiger partial charge >= 0.3 is 0 Å².